The number of carbonyl (C=O) groups excluding carboxylic acids is 1. The average molecular weight is 349 g/mol. The topological polar surface area (TPSA) is 75.4 Å². The first-order valence-corrected chi connectivity index (χ1v) is 9.37. The Morgan fingerprint density at radius 2 is 2.12 bits per heavy atom. The Morgan fingerprint density at radius 1 is 1.42 bits per heavy atom. The predicted octanol–water partition coefficient (Wildman–Crippen LogP) is 3.19. The number of aryl methyl sites for hydroxylation is 2. The number of carbonyl (C=O) groups is 1. The average Bonchev–Trinajstić information content (AvgIpc) is 2.94. The smallest absolute Gasteiger partial charge is 0.321 e. The van der Waals surface area contributed by atoms with Crippen molar-refractivity contribution in [3.05, 3.63) is 35.7 Å². The Balaban J connectivity index is 2.15. The van der Waals surface area contributed by atoms with Crippen LogP contribution < -0.4 is 5.32 Å². The highest BCUT2D eigenvalue weighted by atomic mass is 32.2. The zero-order chi connectivity index (χ0) is 17.9. The second-order valence-corrected chi connectivity index (χ2v) is 7.43. The molecule has 6 nitrogen and oxygen atoms in total. The molecule has 0 spiro atoms. The molecule has 0 aliphatic heterocycles. The summed E-state index contributed by atoms with van der Waals surface area (Å²) in [5.74, 6) is 0.975. The minimum Gasteiger partial charge on any atom is -0.444 e. The summed E-state index contributed by atoms with van der Waals surface area (Å²) in [4.78, 5) is 18.2. The Morgan fingerprint density at radius 3 is 2.71 bits per heavy atom. The van der Waals surface area contributed by atoms with Crippen LogP contribution in [0.2, 0.25) is 0 Å². The molecule has 0 saturated carbocycles. The summed E-state index contributed by atoms with van der Waals surface area (Å²) in [7, 11) is 0.743. The van der Waals surface area contributed by atoms with Gasteiger partial charge in [0, 0.05) is 47.1 Å². The molecule has 1 aromatic heterocycles. The molecule has 7 heteroatoms. The molecule has 2 amide bonds. The molecule has 0 fully saturated rings. The Bertz CT molecular complexity index is 757. The van der Waals surface area contributed by atoms with Gasteiger partial charge in [0.15, 0.2) is 0 Å². The first-order chi connectivity index (χ1) is 11.3. The summed E-state index contributed by atoms with van der Waals surface area (Å²) >= 11 is 0. The van der Waals surface area contributed by atoms with Crippen molar-refractivity contribution in [3.8, 4) is 11.5 Å². The van der Waals surface area contributed by atoms with Crippen molar-refractivity contribution in [1.29, 1.82) is 0 Å². The van der Waals surface area contributed by atoms with Gasteiger partial charge in [0.2, 0.25) is 5.89 Å². The van der Waals surface area contributed by atoms with E-state index in [-0.39, 0.29) is 12.1 Å². The molecular weight excluding hydrogens is 326 g/mol. The quantitative estimate of drug-likeness (QED) is 0.899. The number of nitrogens with zero attached hydrogens (tertiary/aromatic N) is 2. The van der Waals surface area contributed by atoms with Crippen LogP contribution in [0, 0.1) is 13.8 Å². The number of hydrogen-bond donors (Lipinski definition) is 1. The summed E-state index contributed by atoms with van der Waals surface area (Å²) in [6.07, 6.45) is 3.23. The van der Waals surface area contributed by atoms with Crippen molar-refractivity contribution < 1.29 is 13.4 Å². The number of urea groups is 1. The molecule has 0 aliphatic rings. The number of rotatable bonds is 5. The third-order valence-electron chi connectivity index (χ3n) is 3.80. The zero-order valence-electron chi connectivity index (χ0n) is 14.6. The lowest BCUT2D eigenvalue weighted by atomic mass is 10.1. The molecule has 2 unspecified atom stereocenters. The van der Waals surface area contributed by atoms with E-state index in [1.54, 1.807) is 24.5 Å². The van der Waals surface area contributed by atoms with E-state index in [0.29, 0.717) is 17.3 Å². The number of hydrogen-bond acceptors (Lipinski definition) is 4. The summed E-state index contributed by atoms with van der Waals surface area (Å²) in [5.41, 5.74) is 3.32. The molecule has 2 atom stereocenters. The van der Waals surface area contributed by atoms with Gasteiger partial charge in [0.05, 0.1) is 5.69 Å². The lowest BCUT2D eigenvalue weighted by Gasteiger charge is -2.24. The largest absolute Gasteiger partial charge is 0.444 e. The third-order valence-corrected chi connectivity index (χ3v) is 4.75. The van der Waals surface area contributed by atoms with E-state index in [9.17, 15) is 9.00 Å². The van der Waals surface area contributed by atoms with E-state index in [2.05, 4.69) is 10.3 Å². The number of aromatic nitrogens is 1. The van der Waals surface area contributed by atoms with Gasteiger partial charge >= 0.3 is 6.03 Å². The van der Waals surface area contributed by atoms with Crippen molar-refractivity contribution in [1.82, 2.24) is 9.88 Å². The normalized spacial score (nSPS) is 13.4. The Labute approximate surface area is 144 Å². The number of anilines is 1. The first-order valence-electron chi connectivity index (χ1n) is 7.65. The summed E-state index contributed by atoms with van der Waals surface area (Å²) in [5, 5.41) is 2.86. The van der Waals surface area contributed by atoms with Gasteiger partial charge in [-0.3, -0.25) is 4.21 Å². The van der Waals surface area contributed by atoms with Crippen molar-refractivity contribution in [2.75, 3.05) is 24.4 Å². The standard InChI is InChI=1S/C17H23N3O3S/c1-11-6-7-14(8-15(11)16-18-12(2)9-23-16)19-17(21)20(4)13(3)10-24(5)22/h6-9,13H,10H2,1-5H3,(H,19,21). The van der Waals surface area contributed by atoms with E-state index in [0.717, 1.165) is 16.8 Å². The Hall–Kier alpha value is -2.15. The molecule has 130 valence electrons. The fourth-order valence-corrected chi connectivity index (χ4v) is 3.17. The van der Waals surface area contributed by atoms with E-state index in [4.69, 9.17) is 4.42 Å². The van der Waals surface area contributed by atoms with Gasteiger partial charge in [-0.1, -0.05) is 6.07 Å². The molecule has 0 saturated heterocycles. The van der Waals surface area contributed by atoms with Crippen LogP contribution in [0.4, 0.5) is 10.5 Å². The summed E-state index contributed by atoms with van der Waals surface area (Å²) in [6, 6.07) is 5.23. The maximum Gasteiger partial charge on any atom is 0.321 e. The number of benzene rings is 1. The van der Waals surface area contributed by atoms with E-state index in [1.807, 2.05) is 39.0 Å². The van der Waals surface area contributed by atoms with Crippen molar-refractivity contribution in [3.63, 3.8) is 0 Å². The minimum absolute atomic E-state index is 0.116. The fourth-order valence-electron chi connectivity index (χ4n) is 2.27. The number of amides is 2. The van der Waals surface area contributed by atoms with Crippen LogP contribution in [-0.4, -0.2) is 45.2 Å². The van der Waals surface area contributed by atoms with E-state index >= 15 is 0 Å². The molecule has 0 bridgehead atoms. The maximum absolute atomic E-state index is 12.3. The van der Waals surface area contributed by atoms with Gasteiger partial charge in [-0.25, -0.2) is 9.78 Å². The van der Waals surface area contributed by atoms with Gasteiger partial charge in [-0.2, -0.15) is 0 Å². The second kappa shape index (κ2) is 7.61. The van der Waals surface area contributed by atoms with Gasteiger partial charge in [0.1, 0.15) is 6.26 Å². The molecule has 1 heterocycles. The summed E-state index contributed by atoms with van der Waals surface area (Å²) in [6.45, 7) is 5.70. The van der Waals surface area contributed by atoms with Crippen LogP contribution in [0.15, 0.2) is 28.9 Å². The number of oxazole rings is 1. The SMILES string of the molecule is Cc1coc(-c2cc(NC(=O)N(C)C(C)CS(C)=O)ccc2C)n1. The fraction of sp³-hybridized carbons (Fsp3) is 0.412. The zero-order valence-corrected chi connectivity index (χ0v) is 15.4. The highest BCUT2D eigenvalue weighted by Gasteiger charge is 2.17. The van der Waals surface area contributed by atoms with Crippen molar-refractivity contribution >= 4 is 22.5 Å². The van der Waals surface area contributed by atoms with Crippen LogP contribution in [0.3, 0.4) is 0 Å². The monoisotopic (exact) mass is 349 g/mol. The van der Waals surface area contributed by atoms with Crippen LogP contribution in [0.1, 0.15) is 18.2 Å². The van der Waals surface area contributed by atoms with Gasteiger partial charge in [-0.15, -0.1) is 0 Å². The van der Waals surface area contributed by atoms with Crippen molar-refractivity contribution in [2.24, 2.45) is 0 Å². The highest BCUT2D eigenvalue weighted by Crippen LogP contribution is 2.26. The lowest BCUT2D eigenvalue weighted by Crippen LogP contribution is -2.40. The van der Waals surface area contributed by atoms with Crippen molar-refractivity contribution in [2.45, 2.75) is 26.8 Å². The van der Waals surface area contributed by atoms with Crippen LogP contribution >= 0.6 is 0 Å². The van der Waals surface area contributed by atoms with Crippen LogP contribution in [-0.2, 0) is 10.8 Å². The first kappa shape index (κ1) is 18.2. The predicted molar refractivity (Wildman–Crippen MR) is 96.6 cm³/mol. The molecular formula is C17H23N3O3S. The molecule has 2 aromatic rings. The number of nitrogens with one attached hydrogen (secondary N) is 1. The van der Waals surface area contributed by atoms with E-state index < -0.39 is 10.8 Å². The molecule has 1 N–H and O–H groups in total. The van der Waals surface area contributed by atoms with E-state index in [1.165, 1.54) is 0 Å². The van der Waals surface area contributed by atoms with Gasteiger partial charge < -0.3 is 14.6 Å². The van der Waals surface area contributed by atoms with Crippen LogP contribution in [0.25, 0.3) is 11.5 Å². The molecule has 2 rings (SSSR count). The minimum atomic E-state index is -0.951. The maximum atomic E-state index is 12.3. The third kappa shape index (κ3) is 4.44. The molecule has 0 radical (unpaired) electrons. The Kier molecular flexibility index (Phi) is 5.77. The van der Waals surface area contributed by atoms with Gasteiger partial charge in [-0.05, 0) is 38.5 Å². The van der Waals surface area contributed by atoms with Gasteiger partial charge in [0.25, 0.3) is 0 Å². The highest BCUT2D eigenvalue weighted by molar-refractivity contribution is 7.84. The molecule has 1 aromatic carbocycles. The molecule has 24 heavy (non-hydrogen) atoms. The summed E-state index contributed by atoms with van der Waals surface area (Å²) < 4.78 is 16.8. The van der Waals surface area contributed by atoms with Crippen LogP contribution in [0.5, 0.6) is 0 Å². The lowest BCUT2D eigenvalue weighted by molar-refractivity contribution is 0.212. The molecule has 0 aliphatic carbocycles. The second-order valence-electron chi connectivity index (χ2n) is 5.95.